The van der Waals surface area contributed by atoms with Gasteiger partial charge in [0.2, 0.25) is 11.8 Å². The number of carbonyl (C=O) groups is 2. The molecule has 1 aliphatic heterocycles. The van der Waals surface area contributed by atoms with Crippen molar-refractivity contribution in [1.29, 1.82) is 0 Å². The average Bonchev–Trinajstić information content (AvgIpc) is 2.46. The van der Waals surface area contributed by atoms with Crippen LogP contribution in [-0.4, -0.2) is 35.3 Å². The molecule has 5 heteroatoms. The Morgan fingerprint density at radius 3 is 2.74 bits per heavy atom. The minimum atomic E-state index is -0.105. The lowest BCUT2D eigenvalue weighted by Crippen LogP contribution is -2.44. The second kappa shape index (κ2) is 5.82. The number of nitrogens with zero attached hydrogens (tertiary/aromatic N) is 2. The predicted molar refractivity (Wildman–Crippen MR) is 71.2 cm³/mol. The molecule has 1 aliphatic rings. The van der Waals surface area contributed by atoms with Crippen LogP contribution in [0, 0.1) is 5.92 Å². The number of pyridine rings is 1. The summed E-state index contributed by atoms with van der Waals surface area (Å²) < 4.78 is 0. The summed E-state index contributed by atoms with van der Waals surface area (Å²) in [4.78, 5) is 29.2. The molecule has 1 saturated heterocycles. The second-order valence-corrected chi connectivity index (χ2v) is 4.95. The van der Waals surface area contributed by atoms with Crippen molar-refractivity contribution in [3.63, 3.8) is 0 Å². The van der Waals surface area contributed by atoms with Crippen LogP contribution in [0.5, 0.6) is 0 Å². The first-order chi connectivity index (χ1) is 9.09. The number of hydrogen-bond acceptors (Lipinski definition) is 3. The maximum Gasteiger partial charge on any atom is 0.227 e. The number of rotatable bonds is 3. The number of nitrogens with one attached hydrogen (secondary N) is 1. The third-order valence-corrected chi connectivity index (χ3v) is 3.73. The zero-order valence-corrected chi connectivity index (χ0v) is 11.3. The molecule has 1 N–H and O–H groups in total. The van der Waals surface area contributed by atoms with Crippen LogP contribution in [0.4, 0.5) is 0 Å². The van der Waals surface area contributed by atoms with E-state index in [1.807, 2.05) is 26.1 Å². The average molecular weight is 261 g/mol. The minimum Gasteiger partial charge on any atom is -0.355 e. The highest BCUT2D eigenvalue weighted by Crippen LogP contribution is 2.22. The highest BCUT2D eigenvalue weighted by molar-refractivity contribution is 5.83. The Hall–Kier alpha value is -1.91. The SMILES string of the molecule is CC(c1ccncc1)N(C)C(=O)C1CCC(=O)NC1. The van der Waals surface area contributed by atoms with Gasteiger partial charge in [-0.1, -0.05) is 0 Å². The minimum absolute atomic E-state index is 0.00753. The molecular weight excluding hydrogens is 242 g/mol. The van der Waals surface area contributed by atoms with Gasteiger partial charge in [-0.25, -0.2) is 0 Å². The van der Waals surface area contributed by atoms with Crippen molar-refractivity contribution in [2.45, 2.75) is 25.8 Å². The van der Waals surface area contributed by atoms with Gasteiger partial charge in [0.1, 0.15) is 0 Å². The van der Waals surface area contributed by atoms with Gasteiger partial charge in [-0.05, 0) is 31.0 Å². The van der Waals surface area contributed by atoms with Crippen molar-refractivity contribution in [3.8, 4) is 0 Å². The Morgan fingerprint density at radius 1 is 1.47 bits per heavy atom. The van der Waals surface area contributed by atoms with Crippen LogP contribution in [0.15, 0.2) is 24.5 Å². The first-order valence-electron chi connectivity index (χ1n) is 6.53. The molecular formula is C14H19N3O2. The van der Waals surface area contributed by atoms with E-state index in [0.717, 1.165) is 5.56 Å². The highest BCUT2D eigenvalue weighted by Gasteiger charge is 2.29. The van der Waals surface area contributed by atoms with Crippen LogP contribution < -0.4 is 5.32 Å². The molecule has 0 radical (unpaired) electrons. The van der Waals surface area contributed by atoms with Crippen molar-refractivity contribution in [2.24, 2.45) is 5.92 Å². The van der Waals surface area contributed by atoms with Crippen molar-refractivity contribution in [1.82, 2.24) is 15.2 Å². The zero-order valence-electron chi connectivity index (χ0n) is 11.3. The molecule has 0 aliphatic carbocycles. The molecule has 102 valence electrons. The maximum absolute atomic E-state index is 12.4. The molecule has 0 spiro atoms. The van der Waals surface area contributed by atoms with Gasteiger partial charge in [0.05, 0.1) is 12.0 Å². The molecule has 1 aromatic heterocycles. The van der Waals surface area contributed by atoms with Gasteiger partial charge in [-0.15, -0.1) is 0 Å². The van der Waals surface area contributed by atoms with Crippen molar-refractivity contribution >= 4 is 11.8 Å². The first kappa shape index (κ1) is 13.5. The molecule has 2 rings (SSSR count). The fourth-order valence-electron chi connectivity index (χ4n) is 2.29. The zero-order chi connectivity index (χ0) is 13.8. The van der Waals surface area contributed by atoms with Crippen LogP contribution in [0.2, 0.25) is 0 Å². The van der Waals surface area contributed by atoms with Crippen LogP contribution in [-0.2, 0) is 9.59 Å². The molecule has 2 atom stereocenters. The second-order valence-electron chi connectivity index (χ2n) is 4.95. The summed E-state index contributed by atoms with van der Waals surface area (Å²) in [7, 11) is 1.81. The molecule has 2 heterocycles. The van der Waals surface area contributed by atoms with Gasteiger partial charge in [0.15, 0.2) is 0 Å². The smallest absolute Gasteiger partial charge is 0.227 e. The Bertz CT molecular complexity index is 451. The summed E-state index contributed by atoms with van der Waals surface area (Å²) in [5.41, 5.74) is 1.06. The molecule has 0 aromatic carbocycles. The highest BCUT2D eigenvalue weighted by atomic mass is 16.2. The molecule has 19 heavy (non-hydrogen) atoms. The van der Waals surface area contributed by atoms with Gasteiger partial charge < -0.3 is 10.2 Å². The predicted octanol–water partition coefficient (Wildman–Crippen LogP) is 1.13. The normalized spacial score (nSPS) is 20.5. The lowest BCUT2D eigenvalue weighted by Gasteiger charge is -2.31. The van der Waals surface area contributed by atoms with E-state index >= 15 is 0 Å². The molecule has 0 saturated carbocycles. The maximum atomic E-state index is 12.4. The monoisotopic (exact) mass is 261 g/mol. The molecule has 1 aromatic rings. The Morgan fingerprint density at radius 2 is 2.16 bits per heavy atom. The fourth-order valence-corrected chi connectivity index (χ4v) is 2.29. The summed E-state index contributed by atoms with van der Waals surface area (Å²) in [6.07, 6.45) is 4.53. The summed E-state index contributed by atoms with van der Waals surface area (Å²) >= 11 is 0. The van der Waals surface area contributed by atoms with Gasteiger partial charge in [0.25, 0.3) is 0 Å². The van der Waals surface area contributed by atoms with E-state index in [2.05, 4.69) is 10.3 Å². The Kier molecular flexibility index (Phi) is 4.14. The van der Waals surface area contributed by atoms with E-state index in [4.69, 9.17) is 0 Å². The number of aromatic nitrogens is 1. The Labute approximate surface area is 113 Å². The van der Waals surface area contributed by atoms with Gasteiger partial charge in [-0.2, -0.15) is 0 Å². The van der Waals surface area contributed by atoms with E-state index in [-0.39, 0.29) is 23.8 Å². The number of amides is 2. The Balaban J connectivity index is 2.01. The lowest BCUT2D eigenvalue weighted by atomic mass is 9.96. The van der Waals surface area contributed by atoms with Crippen LogP contribution in [0.25, 0.3) is 0 Å². The molecule has 2 amide bonds. The molecule has 2 unspecified atom stereocenters. The quantitative estimate of drug-likeness (QED) is 0.887. The fraction of sp³-hybridized carbons (Fsp3) is 0.500. The molecule has 1 fully saturated rings. The molecule has 5 nitrogen and oxygen atoms in total. The standard InChI is InChI=1S/C14H19N3O2/c1-10(11-5-7-15-8-6-11)17(2)14(19)12-3-4-13(18)16-9-12/h5-8,10,12H,3-4,9H2,1-2H3,(H,16,18). The van der Waals surface area contributed by atoms with Gasteiger partial charge in [0, 0.05) is 32.4 Å². The third-order valence-electron chi connectivity index (χ3n) is 3.73. The number of piperidine rings is 1. The number of hydrogen-bond donors (Lipinski definition) is 1. The first-order valence-corrected chi connectivity index (χ1v) is 6.53. The van der Waals surface area contributed by atoms with E-state index < -0.39 is 0 Å². The summed E-state index contributed by atoms with van der Waals surface area (Å²) in [5.74, 6) is 0.0187. The van der Waals surface area contributed by atoms with Gasteiger partial charge in [-0.3, -0.25) is 14.6 Å². The molecule has 0 bridgehead atoms. The third kappa shape index (κ3) is 3.10. The van der Waals surface area contributed by atoms with Gasteiger partial charge >= 0.3 is 0 Å². The van der Waals surface area contributed by atoms with Crippen LogP contribution >= 0.6 is 0 Å². The summed E-state index contributed by atoms with van der Waals surface area (Å²) in [6.45, 7) is 2.44. The van der Waals surface area contributed by atoms with Crippen LogP contribution in [0.3, 0.4) is 0 Å². The van der Waals surface area contributed by atoms with E-state index in [1.54, 1.807) is 17.3 Å². The summed E-state index contributed by atoms with van der Waals surface area (Å²) in [6, 6.07) is 3.84. The van der Waals surface area contributed by atoms with E-state index in [0.29, 0.717) is 19.4 Å². The van der Waals surface area contributed by atoms with Crippen molar-refractivity contribution in [3.05, 3.63) is 30.1 Å². The lowest BCUT2D eigenvalue weighted by molar-refractivity contribution is -0.138. The van der Waals surface area contributed by atoms with Crippen molar-refractivity contribution in [2.75, 3.05) is 13.6 Å². The van der Waals surface area contributed by atoms with Crippen LogP contribution in [0.1, 0.15) is 31.4 Å². The largest absolute Gasteiger partial charge is 0.355 e. The van der Waals surface area contributed by atoms with E-state index in [9.17, 15) is 9.59 Å². The topological polar surface area (TPSA) is 62.3 Å². The van der Waals surface area contributed by atoms with Crippen molar-refractivity contribution < 1.29 is 9.59 Å². The number of carbonyl (C=O) groups excluding carboxylic acids is 2. The van der Waals surface area contributed by atoms with E-state index in [1.165, 1.54) is 0 Å². The summed E-state index contributed by atoms with van der Waals surface area (Å²) in [5, 5.41) is 2.75.